The maximum atomic E-state index is 11.9. The summed E-state index contributed by atoms with van der Waals surface area (Å²) < 4.78 is 0. The van der Waals surface area contributed by atoms with Crippen molar-refractivity contribution in [1.82, 2.24) is 4.90 Å². The number of carbonyl (C=O) groups is 1. The molecule has 0 aromatic heterocycles. The van der Waals surface area contributed by atoms with E-state index in [1.165, 1.54) is 0 Å². The third-order valence-corrected chi connectivity index (χ3v) is 2.90. The molecular formula is C12H17N3O. The van der Waals surface area contributed by atoms with Crippen LogP contribution in [-0.2, 0) is 0 Å². The highest BCUT2D eigenvalue weighted by molar-refractivity contribution is 5.92. The van der Waals surface area contributed by atoms with Crippen LogP contribution < -0.4 is 10.2 Å². The highest BCUT2D eigenvalue weighted by Gasteiger charge is 2.23. The Labute approximate surface area is 95.8 Å². The lowest BCUT2D eigenvalue weighted by atomic mass is 10.2. The zero-order chi connectivity index (χ0) is 11.5. The van der Waals surface area contributed by atoms with Gasteiger partial charge in [0.1, 0.15) is 0 Å². The minimum absolute atomic E-state index is 0.0865. The van der Waals surface area contributed by atoms with Gasteiger partial charge in [0.15, 0.2) is 0 Å². The van der Waals surface area contributed by atoms with Gasteiger partial charge in [-0.05, 0) is 30.7 Å². The molecule has 1 aliphatic heterocycles. The Bertz CT molecular complexity index is 374. The van der Waals surface area contributed by atoms with Crippen LogP contribution >= 0.6 is 0 Å². The second-order valence-electron chi connectivity index (χ2n) is 4.01. The summed E-state index contributed by atoms with van der Waals surface area (Å²) in [5.41, 5.74) is 2.03. The molecule has 1 heterocycles. The van der Waals surface area contributed by atoms with Crippen LogP contribution in [0.1, 0.15) is 6.42 Å². The van der Waals surface area contributed by atoms with Crippen LogP contribution in [-0.4, -0.2) is 38.1 Å². The van der Waals surface area contributed by atoms with Crippen molar-refractivity contribution in [3.8, 4) is 0 Å². The molecule has 0 aliphatic carbocycles. The Morgan fingerprint density at radius 3 is 2.50 bits per heavy atom. The first-order chi connectivity index (χ1) is 7.72. The van der Waals surface area contributed by atoms with Crippen molar-refractivity contribution in [2.24, 2.45) is 0 Å². The molecule has 16 heavy (non-hydrogen) atoms. The molecule has 86 valence electrons. The van der Waals surface area contributed by atoms with Crippen molar-refractivity contribution in [3.05, 3.63) is 24.3 Å². The number of urea groups is 1. The van der Waals surface area contributed by atoms with Gasteiger partial charge in [-0.15, -0.1) is 0 Å². The van der Waals surface area contributed by atoms with E-state index in [-0.39, 0.29) is 6.03 Å². The summed E-state index contributed by atoms with van der Waals surface area (Å²) in [7, 11) is 3.73. The molecular weight excluding hydrogens is 202 g/mol. The van der Waals surface area contributed by atoms with E-state index in [0.717, 1.165) is 30.9 Å². The minimum atomic E-state index is 0.0865. The molecule has 0 atom stereocenters. The lowest BCUT2D eigenvalue weighted by molar-refractivity contribution is 0.207. The molecule has 1 aliphatic rings. The second kappa shape index (κ2) is 4.43. The third-order valence-electron chi connectivity index (χ3n) is 2.90. The van der Waals surface area contributed by atoms with E-state index in [2.05, 4.69) is 5.32 Å². The molecule has 2 amide bonds. The predicted molar refractivity (Wildman–Crippen MR) is 66.0 cm³/mol. The average molecular weight is 219 g/mol. The van der Waals surface area contributed by atoms with Crippen LogP contribution in [0, 0.1) is 0 Å². The van der Waals surface area contributed by atoms with Gasteiger partial charge in [-0.25, -0.2) is 4.79 Å². The molecule has 1 N–H and O–H groups in total. The summed E-state index contributed by atoms with van der Waals surface area (Å²) in [6.45, 7) is 1.66. The minimum Gasteiger partial charge on any atom is -0.388 e. The summed E-state index contributed by atoms with van der Waals surface area (Å²) in [6, 6.07) is 8.00. The van der Waals surface area contributed by atoms with Gasteiger partial charge in [0.05, 0.1) is 0 Å². The monoisotopic (exact) mass is 219 g/mol. The number of nitrogens with zero attached hydrogens (tertiary/aromatic N) is 2. The van der Waals surface area contributed by atoms with Gasteiger partial charge < -0.3 is 10.2 Å². The summed E-state index contributed by atoms with van der Waals surface area (Å²) in [6.07, 6.45) is 1.02. The lowest BCUT2D eigenvalue weighted by Crippen LogP contribution is -2.47. The van der Waals surface area contributed by atoms with Crippen LogP contribution in [0.4, 0.5) is 16.2 Å². The van der Waals surface area contributed by atoms with Crippen LogP contribution in [0.3, 0.4) is 0 Å². The van der Waals surface area contributed by atoms with Gasteiger partial charge in [-0.2, -0.15) is 0 Å². The van der Waals surface area contributed by atoms with Crippen molar-refractivity contribution < 1.29 is 4.79 Å². The Kier molecular flexibility index (Phi) is 2.99. The number of benzene rings is 1. The molecule has 0 bridgehead atoms. The van der Waals surface area contributed by atoms with Gasteiger partial charge in [-0.1, -0.05) is 0 Å². The molecule has 4 heteroatoms. The first kappa shape index (κ1) is 10.8. The lowest BCUT2D eigenvalue weighted by Gasteiger charge is -2.33. The van der Waals surface area contributed by atoms with E-state index in [1.807, 2.05) is 43.3 Å². The molecule has 0 radical (unpaired) electrons. The summed E-state index contributed by atoms with van der Waals surface area (Å²) >= 11 is 0. The topological polar surface area (TPSA) is 35.6 Å². The molecule has 1 aromatic carbocycles. The Morgan fingerprint density at radius 2 is 1.88 bits per heavy atom. The van der Waals surface area contributed by atoms with Crippen molar-refractivity contribution in [3.63, 3.8) is 0 Å². The first-order valence-corrected chi connectivity index (χ1v) is 5.53. The Hall–Kier alpha value is -1.71. The molecule has 0 spiro atoms. The van der Waals surface area contributed by atoms with E-state index in [9.17, 15) is 4.79 Å². The highest BCUT2D eigenvalue weighted by atomic mass is 16.2. The molecule has 2 rings (SSSR count). The number of amides is 2. The van der Waals surface area contributed by atoms with E-state index >= 15 is 0 Å². The number of nitrogens with one attached hydrogen (secondary N) is 1. The van der Waals surface area contributed by atoms with Crippen LogP contribution in [0.25, 0.3) is 0 Å². The standard InChI is InChI=1S/C12H17N3O/c1-13-10-4-6-11(7-5-10)15-9-3-8-14(2)12(15)16/h4-7,13H,3,8-9H2,1-2H3. The number of carbonyl (C=O) groups excluding carboxylic acids is 1. The Morgan fingerprint density at radius 1 is 1.19 bits per heavy atom. The van der Waals surface area contributed by atoms with E-state index < -0.39 is 0 Å². The predicted octanol–water partition coefficient (Wildman–Crippen LogP) is 1.99. The van der Waals surface area contributed by atoms with Crippen LogP contribution in [0.5, 0.6) is 0 Å². The van der Waals surface area contributed by atoms with Gasteiger partial charge in [0.2, 0.25) is 0 Å². The highest BCUT2D eigenvalue weighted by Crippen LogP contribution is 2.21. The quantitative estimate of drug-likeness (QED) is 0.825. The molecule has 4 nitrogen and oxygen atoms in total. The normalized spacial score (nSPS) is 16.5. The second-order valence-corrected chi connectivity index (χ2v) is 4.01. The average Bonchev–Trinajstić information content (AvgIpc) is 2.33. The molecule has 0 saturated carbocycles. The summed E-state index contributed by atoms with van der Waals surface area (Å²) in [4.78, 5) is 15.5. The number of anilines is 2. The zero-order valence-corrected chi connectivity index (χ0v) is 9.73. The van der Waals surface area contributed by atoms with Crippen molar-refractivity contribution >= 4 is 17.4 Å². The number of rotatable bonds is 2. The fourth-order valence-electron chi connectivity index (χ4n) is 1.91. The van der Waals surface area contributed by atoms with E-state index in [4.69, 9.17) is 0 Å². The van der Waals surface area contributed by atoms with Crippen molar-refractivity contribution in [2.45, 2.75) is 6.42 Å². The fraction of sp³-hybridized carbons (Fsp3) is 0.417. The van der Waals surface area contributed by atoms with Crippen molar-refractivity contribution in [2.75, 3.05) is 37.4 Å². The molecule has 1 aromatic rings. The van der Waals surface area contributed by atoms with Gasteiger partial charge in [-0.3, -0.25) is 4.90 Å². The third kappa shape index (κ3) is 1.96. The van der Waals surface area contributed by atoms with Gasteiger partial charge in [0.25, 0.3) is 0 Å². The van der Waals surface area contributed by atoms with Crippen molar-refractivity contribution in [1.29, 1.82) is 0 Å². The fourth-order valence-corrected chi connectivity index (χ4v) is 1.91. The smallest absolute Gasteiger partial charge is 0.324 e. The first-order valence-electron chi connectivity index (χ1n) is 5.53. The maximum Gasteiger partial charge on any atom is 0.324 e. The SMILES string of the molecule is CNc1ccc(N2CCCN(C)C2=O)cc1. The molecule has 1 saturated heterocycles. The summed E-state index contributed by atoms with van der Waals surface area (Å²) in [5.74, 6) is 0. The number of hydrogen-bond donors (Lipinski definition) is 1. The zero-order valence-electron chi connectivity index (χ0n) is 9.73. The summed E-state index contributed by atoms with van der Waals surface area (Å²) in [5, 5.41) is 3.06. The van der Waals surface area contributed by atoms with Crippen LogP contribution in [0.2, 0.25) is 0 Å². The number of hydrogen-bond acceptors (Lipinski definition) is 2. The Balaban J connectivity index is 2.19. The molecule has 1 fully saturated rings. The van der Waals surface area contributed by atoms with E-state index in [1.54, 1.807) is 4.90 Å². The van der Waals surface area contributed by atoms with Crippen LogP contribution in [0.15, 0.2) is 24.3 Å². The maximum absolute atomic E-state index is 11.9. The van der Waals surface area contributed by atoms with E-state index in [0.29, 0.717) is 0 Å². The van der Waals surface area contributed by atoms with Gasteiger partial charge >= 0.3 is 6.03 Å². The van der Waals surface area contributed by atoms with Gasteiger partial charge in [0, 0.05) is 38.6 Å². The largest absolute Gasteiger partial charge is 0.388 e. The molecule has 0 unspecified atom stereocenters.